The third kappa shape index (κ3) is 4.20. The number of methoxy groups -OCH3 is 1. The van der Waals surface area contributed by atoms with Gasteiger partial charge in [0.05, 0.1) is 7.11 Å². The number of nitrogens with zero attached hydrogens (tertiary/aromatic N) is 3. The van der Waals surface area contributed by atoms with E-state index >= 15 is 0 Å². The fourth-order valence-corrected chi connectivity index (χ4v) is 3.58. The maximum atomic E-state index is 5.45. The van der Waals surface area contributed by atoms with Gasteiger partial charge in [0.15, 0.2) is 5.96 Å². The van der Waals surface area contributed by atoms with Crippen LogP contribution in [0.1, 0.15) is 24.8 Å². The molecular weight excluding hydrogens is 300 g/mol. The van der Waals surface area contributed by atoms with Gasteiger partial charge in [-0.05, 0) is 37.8 Å². The number of para-hydroxylation sites is 1. The number of rotatable bonds is 6. The van der Waals surface area contributed by atoms with E-state index < -0.39 is 0 Å². The van der Waals surface area contributed by atoms with Crippen molar-refractivity contribution in [3.63, 3.8) is 0 Å². The van der Waals surface area contributed by atoms with E-state index in [1.165, 1.54) is 37.9 Å². The highest BCUT2D eigenvalue weighted by atomic mass is 16.5. The van der Waals surface area contributed by atoms with Crippen LogP contribution in [-0.2, 0) is 6.54 Å². The number of likely N-dealkylation sites (tertiary alicyclic amines) is 1. The van der Waals surface area contributed by atoms with Crippen molar-refractivity contribution in [1.82, 2.24) is 15.1 Å². The highest BCUT2D eigenvalue weighted by Gasteiger charge is 2.34. The quantitative estimate of drug-likeness (QED) is 0.641. The van der Waals surface area contributed by atoms with Crippen LogP contribution in [0.5, 0.6) is 5.75 Å². The van der Waals surface area contributed by atoms with Gasteiger partial charge in [0, 0.05) is 45.3 Å². The molecule has 0 spiro atoms. The Hall–Kier alpha value is -1.75. The van der Waals surface area contributed by atoms with Crippen molar-refractivity contribution in [1.29, 1.82) is 0 Å². The lowest BCUT2D eigenvalue weighted by atomic mass is 10.1. The van der Waals surface area contributed by atoms with Gasteiger partial charge in [-0.25, -0.2) is 0 Å². The largest absolute Gasteiger partial charge is 0.496 e. The molecule has 1 saturated carbocycles. The minimum atomic E-state index is 0.738. The van der Waals surface area contributed by atoms with Crippen LogP contribution in [0.25, 0.3) is 0 Å². The Morgan fingerprint density at radius 2 is 2.12 bits per heavy atom. The first-order valence-electron chi connectivity index (χ1n) is 8.99. The summed E-state index contributed by atoms with van der Waals surface area (Å²) >= 11 is 0. The van der Waals surface area contributed by atoms with Crippen molar-refractivity contribution in [3.05, 3.63) is 29.8 Å². The van der Waals surface area contributed by atoms with Gasteiger partial charge in [-0.2, -0.15) is 0 Å². The minimum absolute atomic E-state index is 0.738. The van der Waals surface area contributed by atoms with E-state index in [1.807, 2.05) is 25.2 Å². The molecule has 0 radical (unpaired) electrons. The molecular formula is C19H30N4O. The second kappa shape index (κ2) is 7.88. The SMILES string of the molecule is CN=C(NCC1CCN(C2CC2)C1)N(C)Cc1ccccc1OC. The van der Waals surface area contributed by atoms with Crippen LogP contribution >= 0.6 is 0 Å². The number of hydrogen-bond acceptors (Lipinski definition) is 3. The van der Waals surface area contributed by atoms with Crippen LogP contribution in [0.15, 0.2) is 29.3 Å². The topological polar surface area (TPSA) is 40.1 Å². The first-order chi connectivity index (χ1) is 11.7. The van der Waals surface area contributed by atoms with Crippen LogP contribution in [0.4, 0.5) is 0 Å². The van der Waals surface area contributed by atoms with Crippen molar-refractivity contribution < 1.29 is 4.74 Å². The first-order valence-corrected chi connectivity index (χ1v) is 8.99. The van der Waals surface area contributed by atoms with Gasteiger partial charge in [0.25, 0.3) is 0 Å². The Morgan fingerprint density at radius 1 is 1.33 bits per heavy atom. The number of nitrogens with one attached hydrogen (secondary N) is 1. The zero-order valence-corrected chi connectivity index (χ0v) is 15.2. The van der Waals surface area contributed by atoms with Gasteiger partial charge in [-0.1, -0.05) is 18.2 Å². The van der Waals surface area contributed by atoms with Crippen LogP contribution < -0.4 is 10.1 Å². The average molecular weight is 330 g/mol. The molecule has 5 nitrogen and oxygen atoms in total. The number of guanidine groups is 1. The molecule has 3 rings (SSSR count). The zero-order chi connectivity index (χ0) is 16.9. The molecule has 24 heavy (non-hydrogen) atoms. The average Bonchev–Trinajstić information content (AvgIpc) is 3.35. The molecule has 1 N–H and O–H groups in total. The number of ether oxygens (including phenoxy) is 1. The third-order valence-corrected chi connectivity index (χ3v) is 5.10. The molecule has 1 saturated heterocycles. The lowest BCUT2D eigenvalue weighted by molar-refractivity contribution is 0.313. The maximum absolute atomic E-state index is 5.45. The normalized spacial score (nSPS) is 21.8. The highest BCUT2D eigenvalue weighted by Crippen LogP contribution is 2.31. The fourth-order valence-electron chi connectivity index (χ4n) is 3.58. The number of benzene rings is 1. The molecule has 1 aliphatic carbocycles. The van der Waals surface area contributed by atoms with E-state index in [0.717, 1.165) is 36.8 Å². The molecule has 0 aromatic heterocycles. The molecule has 5 heteroatoms. The predicted molar refractivity (Wildman–Crippen MR) is 98.5 cm³/mol. The van der Waals surface area contributed by atoms with Gasteiger partial charge in [0.2, 0.25) is 0 Å². The van der Waals surface area contributed by atoms with E-state index in [1.54, 1.807) is 7.11 Å². The summed E-state index contributed by atoms with van der Waals surface area (Å²) in [6.45, 7) is 4.30. The van der Waals surface area contributed by atoms with Gasteiger partial charge < -0.3 is 19.9 Å². The minimum Gasteiger partial charge on any atom is -0.496 e. The van der Waals surface area contributed by atoms with E-state index in [9.17, 15) is 0 Å². The van der Waals surface area contributed by atoms with Crippen LogP contribution in [0.2, 0.25) is 0 Å². The van der Waals surface area contributed by atoms with Gasteiger partial charge in [0.1, 0.15) is 5.75 Å². The van der Waals surface area contributed by atoms with Crippen molar-refractivity contribution in [3.8, 4) is 5.75 Å². The lowest BCUT2D eigenvalue weighted by Crippen LogP contribution is -2.41. The van der Waals surface area contributed by atoms with Crippen LogP contribution in [-0.4, -0.2) is 62.6 Å². The monoisotopic (exact) mass is 330 g/mol. The van der Waals surface area contributed by atoms with Crippen molar-refractivity contribution >= 4 is 5.96 Å². The Kier molecular flexibility index (Phi) is 5.61. The number of hydrogen-bond donors (Lipinski definition) is 1. The van der Waals surface area contributed by atoms with Gasteiger partial charge in [-0.15, -0.1) is 0 Å². The summed E-state index contributed by atoms with van der Waals surface area (Å²) in [7, 11) is 5.65. The summed E-state index contributed by atoms with van der Waals surface area (Å²) < 4.78 is 5.45. The van der Waals surface area contributed by atoms with Crippen molar-refractivity contribution in [2.45, 2.75) is 31.8 Å². The van der Waals surface area contributed by atoms with Crippen LogP contribution in [0.3, 0.4) is 0 Å². The first kappa shape index (κ1) is 17.1. The summed E-state index contributed by atoms with van der Waals surface area (Å²) in [5, 5.41) is 3.56. The van der Waals surface area contributed by atoms with Crippen molar-refractivity contribution in [2.24, 2.45) is 10.9 Å². The third-order valence-electron chi connectivity index (χ3n) is 5.10. The summed E-state index contributed by atoms with van der Waals surface area (Å²) in [6.07, 6.45) is 4.11. The zero-order valence-electron chi connectivity index (χ0n) is 15.2. The second-order valence-corrected chi connectivity index (χ2v) is 6.98. The van der Waals surface area contributed by atoms with E-state index in [2.05, 4.69) is 33.2 Å². The van der Waals surface area contributed by atoms with Crippen molar-refractivity contribution in [2.75, 3.05) is 40.8 Å². The molecule has 2 fully saturated rings. The molecule has 0 amide bonds. The Morgan fingerprint density at radius 3 is 2.83 bits per heavy atom. The molecule has 1 unspecified atom stereocenters. The van der Waals surface area contributed by atoms with Gasteiger partial charge >= 0.3 is 0 Å². The highest BCUT2D eigenvalue weighted by molar-refractivity contribution is 5.79. The van der Waals surface area contributed by atoms with Crippen LogP contribution in [0, 0.1) is 5.92 Å². The van der Waals surface area contributed by atoms with Gasteiger partial charge in [-0.3, -0.25) is 4.99 Å². The Bertz CT molecular complexity index is 570. The molecule has 1 heterocycles. The fraction of sp³-hybridized carbons (Fsp3) is 0.632. The molecule has 1 atom stereocenters. The Balaban J connectivity index is 1.50. The summed E-state index contributed by atoms with van der Waals surface area (Å²) in [4.78, 5) is 9.26. The number of aliphatic imine (C=N–C) groups is 1. The molecule has 1 aliphatic heterocycles. The molecule has 0 bridgehead atoms. The second-order valence-electron chi connectivity index (χ2n) is 6.98. The standard InChI is InChI=1S/C19H30N4O/c1-20-19(21-12-15-10-11-23(13-15)17-8-9-17)22(2)14-16-6-4-5-7-18(16)24-3/h4-7,15,17H,8-14H2,1-3H3,(H,20,21). The molecule has 2 aliphatic rings. The van der Waals surface area contributed by atoms with E-state index in [4.69, 9.17) is 4.74 Å². The Labute approximate surface area is 145 Å². The van der Waals surface area contributed by atoms with E-state index in [-0.39, 0.29) is 0 Å². The summed E-state index contributed by atoms with van der Waals surface area (Å²) in [5.74, 6) is 2.61. The molecule has 132 valence electrons. The van der Waals surface area contributed by atoms with E-state index in [0.29, 0.717) is 0 Å². The lowest BCUT2D eigenvalue weighted by Gasteiger charge is -2.24. The summed E-state index contributed by atoms with van der Waals surface area (Å²) in [5.41, 5.74) is 1.17. The molecule has 1 aromatic rings. The summed E-state index contributed by atoms with van der Waals surface area (Å²) in [6, 6.07) is 9.05. The maximum Gasteiger partial charge on any atom is 0.193 e. The smallest absolute Gasteiger partial charge is 0.193 e. The molecule has 1 aromatic carbocycles. The predicted octanol–water partition coefficient (Wildman–Crippen LogP) is 2.19.